The third kappa shape index (κ3) is 10.8. The molecule has 0 bridgehead atoms. The summed E-state index contributed by atoms with van der Waals surface area (Å²) in [7, 11) is 1.61. The normalized spacial score (nSPS) is 17.5. The molecule has 0 aliphatic carbocycles. The van der Waals surface area contributed by atoms with Crippen LogP contribution in [0, 0.1) is 0 Å². The average Bonchev–Trinajstić information content (AvgIpc) is 4.08. The summed E-state index contributed by atoms with van der Waals surface area (Å²) < 4.78 is 16.4. The second kappa shape index (κ2) is 20.1. The molecule has 2 aromatic carbocycles. The first kappa shape index (κ1) is 41.8. The lowest BCUT2D eigenvalue weighted by Gasteiger charge is -2.24. The number of ether oxygens (including phenoxy) is 3. The van der Waals surface area contributed by atoms with Gasteiger partial charge in [0.25, 0.3) is 5.56 Å². The van der Waals surface area contributed by atoms with Crippen LogP contribution in [0.15, 0.2) is 65.5 Å². The Balaban J connectivity index is 0.000000160. The van der Waals surface area contributed by atoms with Crippen LogP contribution < -0.4 is 30.7 Å². The number of aromatic amines is 1. The van der Waals surface area contributed by atoms with Gasteiger partial charge in [-0.25, -0.2) is 34.9 Å². The fourth-order valence-electron chi connectivity index (χ4n) is 8.24. The molecule has 4 aliphatic heterocycles. The average molecular weight is 851 g/mol. The highest BCUT2D eigenvalue weighted by atomic mass is 16.5. The summed E-state index contributed by atoms with van der Waals surface area (Å²) in [4.78, 5) is 52.7. The molecule has 0 spiro atoms. The third-order valence-electron chi connectivity index (χ3n) is 11.6. The van der Waals surface area contributed by atoms with Gasteiger partial charge in [0.05, 0.1) is 29.2 Å². The van der Waals surface area contributed by atoms with Crippen molar-refractivity contribution >= 4 is 69.6 Å². The topological polar surface area (TPSA) is 181 Å². The summed E-state index contributed by atoms with van der Waals surface area (Å²) in [5, 5.41) is 7.13. The van der Waals surface area contributed by atoms with Crippen molar-refractivity contribution in [3.63, 3.8) is 0 Å². The molecule has 4 fully saturated rings. The molecule has 0 unspecified atom stereocenters. The maximum Gasteiger partial charge on any atom is 0.274 e. The van der Waals surface area contributed by atoms with Crippen LogP contribution in [0.2, 0.25) is 0 Å². The molecule has 8 heterocycles. The maximum absolute atomic E-state index is 12.4. The summed E-state index contributed by atoms with van der Waals surface area (Å²) in [6.07, 6.45) is 15.8. The fourth-order valence-corrected chi connectivity index (χ4v) is 8.24. The van der Waals surface area contributed by atoms with Gasteiger partial charge in [-0.15, -0.1) is 0 Å². The molecule has 6 aromatic rings. The number of nitrogens with one attached hydrogen (secondary N) is 3. The van der Waals surface area contributed by atoms with Crippen molar-refractivity contribution in [2.24, 2.45) is 0 Å². The van der Waals surface area contributed by atoms with Crippen LogP contribution >= 0.6 is 0 Å². The Morgan fingerprint density at radius 1 is 0.603 bits per heavy atom. The van der Waals surface area contributed by atoms with Crippen molar-refractivity contribution in [3.05, 3.63) is 94.1 Å². The molecule has 0 atom stereocenters. The molecule has 0 saturated carbocycles. The van der Waals surface area contributed by atoms with Gasteiger partial charge < -0.3 is 39.6 Å². The number of hydrogen-bond donors (Lipinski definition) is 3. The van der Waals surface area contributed by atoms with E-state index in [1.165, 1.54) is 25.7 Å². The Labute approximate surface area is 366 Å². The van der Waals surface area contributed by atoms with Crippen LogP contribution in [0.4, 0.5) is 23.3 Å². The van der Waals surface area contributed by atoms with Gasteiger partial charge in [-0.1, -0.05) is 24.3 Å². The third-order valence-corrected chi connectivity index (χ3v) is 11.6. The van der Waals surface area contributed by atoms with Gasteiger partial charge >= 0.3 is 0 Å². The predicted octanol–water partition coefficient (Wildman–Crippen LogP) is 6.86. The van der Waals surface area contributed by atoms with Crippen LogP contribution in [0.25, 0.3) is 46.4 Å². The molecule has 63 heavy (non-hydrogen) atoms. The van der Waals surface area contributed by atoms with Crippen molar-refractivity contribution < 1.29 is 14.2 Å². The van der Waals surface area contributed by atoms with E-state index in [0.717, 1.165) is 124 Å². The molecule has 10 rings (SSSR count). The van der Waals surface area contributed by atoms with Crippen LogP contribution in [-0.4, -0.2) is 112 Å². The number of anilines is 4. The van der Waals surface area contributed by atoms with Crippen molar-refractivity contribution in [3.8, 4) is 5.88 Å². The van der Waals surface area contributed by atoms with Crippen LogP contribution in [0.3, 0.4) is 0 Å². The highest BCUT2D eigenvalue weighted by Crippen LogP contribution is 2.26. The molecule has 0 radical (unpaired) electrons. The van der Waals surface area contributed by atoms with Crippen LogP contribution in [0.1, 0.15) is 74.4 Å². The van der Waals surface area contributed by atoms with Crippen LogP contribution in [-0.2, 0) is 9.47 Å². The first-order chi connectivity index (χ1) is 31.0. The van der Waals surface area contributed by atoms with Gasteiger partial charge in [-0.3, -0.25) is 4.79 Å². The first-order valence-electron chi connectivity index (χ1n) is 22.2. The number of H-pyrrole nitrogens is 1. The minimum Gasteiger partial charge on any atom is -0.479 e. The molecular weight excluding hydrogens is 797 g/mol. The Kier molecular flexibility index (Phi) is 13.4. The van der Waals surface area contributed by atoms with E-state index in [2.05, 4.69) is 46.4 Å². The number of methoxy groups -OCH3 is 1. The summed E-state index contributed by atoms with van der Waals surface area (Å²) in [6, 6.07) is 20.1. The summed E-state index contributed by atoms with van der Waals surface area (Å²) in [5.74, 6) is 5.23. The largest absolute Gasteiger partial charge is 0.479 e. The Morgan fingerprint density at radius 3 is 1.62 bits per heavy atom. The van der Waals surface area contributed by atoms with Crippen molar-refractivity contribution in [1.82, 2.24) is 39.9 Å². The van der Waals surface area contributed by atoms with Gasteiger partial charge in [0.1, 0.15) is 34.7 Å². The Morgan fingerprint density at radius 2 is 1.08 bits per heavy atom. The molecule has 0 amide bonds. The van der Waals surface area contributed by atoms with Crippen molar-refractivity contribution in [2.75, 3.05) is 80.1 Å². The molecule has 326 valence electrons. The van der Waals surface area contributed by atoms with E-state index >= 15 is 0 Å². The monoisotopic (exact) mass is 850 g/mol. The quantitative estimate of drug-likeness (QED) is 0.123. The number of nitrogens with zero attached hydrogens (tertiary/aromatic N) is 9. The Hall–Kier alpha value is -6.52. The lowest BCUT2D eigenvalue weighted by molar-refractivity contribution is 0.0902. The summed E-state index contributed by atoms with van der Waals surface area (Å²) >= 11 is 0. The van der Waals surface area contributed by atoms with Crippen molar-refractivity contribution in [1.29, 1.82) is 0 Å². The number of aromatic nitrogens is 8. The zero-order valence-electron chi connectivity index (χ0n) is 35.7. The van der Waals surface area contributed by atoms with Gasteiger partial charge in [0.15, 0.2) is 11.6 Å². The second-order valence-electron chi connectivity index (χ2n) is 16.1. The lowest BCUT2D eigenvalue weighted by atomic mass is 10.1. The van der Waals surface area contributed by atoms with Crippen LogP contribution in [0.5, 0.6) is 5.88 Å². The molecule has 16 nitrogen and oxygen atoms in total. The first-order valence-corrected chi connectivity index (χ1v) is 22.2. The number of fused-ring (bicyclic) bond motifs is 2. The highest BCUT2D eigenvalue weighted by Gasteiger charge is 2.20. The fraction of sp³-hybridized carbons (Fsp3) is 0.404. The van der Waals surface area contributed by atoms with E-state index in [1.807, 2.05) is 66.7 Å². The van der Waals surface area contributed by atoms with Gasteiger partial charge in [0.2, 0.25) is 5.88 Å². The molecule has 16 heteroatoms. The SMILES string of the molecule is COc1nc2ccccc2nc1/C=C/c1nc(NC2CCOCC2)cc(N2CCCC2)n1.O=c1[nH]c2ccccc2nc1/C=C/c1nc(NC2CCOCC2)cc(N2CCCC2)n1. The molecule has 4 aromatic heterocycles. The summed E-state index contributed by atoms with van der Waals surface area (Å²) in [6.45, 7) is 7.17. The Bertz CT molecular complexity index is 2610. The molecule has 4 aliphatic rings. The molecular formula is C47H54N12O4. The predicted molar refractivity (Wildman–Crippen MR) is 248 cm³/mol. The lowest BCUT2D eigenvalue weighted by Crippen LogP contribution is -2.28. The van der Waals surface area contributed by atoms with Gasteiger partial charge in [-0.05, 0) is 99.9 Å². The molecule has 3 N–H and O–H groups in total. The van der Waals surface area contributed by atoms with Crippen molar-refractivity contribution in [2.45, 2.75) is 63.5 Å². The molecule has 4 saturated heterocycles. The van der Waals surface area contributed by atoms with E-state index in [1.54, 1.807) is 19.3 Å². The van der Waals surface area contributed by atoms with Gasteiger partial charge in [-0.2, -0.15) is 0 Å². The van der Waals surface area contributed by atoms with E-state index < -0.39 is 0 Å². The van der Waals surface area contributed by atoms with E-state index in [-0.39, 0.29) is 5.56 Å². The number of para-hydroxylation sites is 4. The number of benzene rings is 2. The minimum absolute atomic E-state index is 0.230. The maximum atomic E-state index is 12.4. The minimum atomic E-state index is -0.230. The summed E-state index contributed by atoms with van der Waals surface area (Å²) in [5.41, 5.74) is 3.85. The zero-order chi connectivity index (χ0) is 42.8. The highest BCUT2D eigenvalue weighted by molar-refractivity contribution is 5.79. The standard InChI is InChI=1S/C24H28N6O2.C23H26N6O2/c1-31-24-20(26-18-6-2-3-7-19(18)27-24)8-9-21-28-22(25-17-10-14-32-15-11-17)16-23(29-21)30-12-4-5-13-30;30-23-19(25-17-5-1-2-6-18(17)26-23)7-8-20-27-21(24-16-9-13-31-14-10-16)15-22(28-20)29-11-3-4-12-29/h2-3,6-9,16-17H,4-5,10-15H2,1H3,(H,25,28,29);1-2,5-8,15-16H,3-4,9-14H2,(H,26,30)(H,24,27,28)/b9-8+;8-7+. The number of rotatable bonds is 11. The smallest absolute Gasteiger partial charge is 0.274 e. The van der Waals surface area contributed by atoms with E-state index in [9.17, 15) is 4.79 Å². The van der Waals surface area contributed by atoms with Gasteiger partial charge in [0, 0.05) is 76.8 Å². The second-order valence-corrected chi connectivity index (χ2v) is 16.1. The van der Waals surface area contributed by atoms with E-state index in [0.29, 0.717) is 41.0 Å². The number of hydrogen-bond acceptors (Lipinski definition) is 15. The zero-order valence-corrected chi connectivity index (χ0v) is 35.7. The van der Waals surface area contributed by atoms with E-state index in [4.69, 9.17) is 34.1 Å².